The first kappa shape index (κ1) is 14.3. The lowest BCUT2D eigenvalue weighted by Gasteiger charge is -2.11. The molecule has 4 nitrogen and oxygen atoms in total. The Kier molecular flexibility index (Phi) is 5.35. The highest BCUT2D eigenvalue weighted by Gasteiger charge is 2.01. The van der Waals surface area contributed by atoms with E-state index in [-0.39, 0.29) is 0 Å². The molecule has 0 atom stereocenters. The molecule has 4 heteroatoms. The molecule has 0 saturated carbocycles. The number of ether oxygens (including phenoxy) is 1. The first-order chi connectivity index (χ1) is 9.79. The third-order valence-corrected chi connectivity index (χ3v) is 3.03. The van der Waals surface area contributed by atoms with Crippen LogP contribution in [0.5, 0.6) is 5.75 Å². The second kappa shape index (κ2) is 7.48. The van der Waals surface area contributed by atoms with Crippen molar-refractivity contribution in [3.63, 3.8) is 0 Å². The molecule has 2 rings (SSSR count). The van der Waals surface area contributed by atoms with Crippen LogP contribution in [0.25, 0.3) is 0 Å². The Bertz CT molecular complexity index is 529. The topological polar surface area (TPSA) is 47.0 Å². The summed E-state index contributed by atoms with van der Waals surface area (Å²) in [7, 11) is 0. The highest BCUT2D eigenvalue weighted by atomic mass is 16.5. The normalized spacial score (nSPS) is 10.3. The van der Waals surface area contributed by atoms with Gasteiger partial charge in [0.05, 0.1) is 6.54 Å². The Balaban J connectivity index is 1.79. The van der Waals surface area contributed by atoms with Gasteiger partial charge in [0.1, 0.15) is 24.5 Å². The van der Waals surface area contributed by atoms with Crippen molar-refractivity contribution in [3.05, 3.63) is 47.9 Å². The number of anilines is 1. The molecule has 1 heterocycles. The maximum Gasteiger partial charge on any atom is 0.129 e. The summed E-state index contributed by atoms with van der Waals surface area (Å²) in [6.45, 7) is 5.61. The largest absolute Gasteiger partial charge is 0.491 e. The van der Waals surface area contributed by atoms with Crippen LogP contribution in [-0.4, -0.2) is 23.1 Å². The van der Waals surface area contributed by atoms with Gasteiger partial charge in [0.25, 0.3) is 0 Å². The fourth-order valence-electron chi connectivity index (χ4n) is 2.05. The first-order valence-electron chi connectivity index (χ1n) is 7.02. The van der Waals surface area contributed by atoms with E-state index in [4.69, 9.17) is 4.74 Å². The van der Waals surface area contributed by atoms with Crippen molar-refractivity contribution < 1.29 is 4.74 Å². The van der Waals surface area contributed by atoms with Crippen LogP contribution in [-0.2, 0) is 6.42 Å². The van der Waals surface area contributed by atoms with Gasteiger partial charge in [-0.05, 0) is 36.6 Å². The minimum absolute atomic E-state index is 0.609. The van der Waals surface area contributed by atoms with Crippen LogP contribution in [0.4, 0.5) is 5.82 Å². The average molecular weight is 271 g/mol. The molecular weight excluding hydrogens is 250 g/mol. The van der Waals surface area contributed by atoms with Gasteiger partial charge in [-0.15, -0.1) is 0 Å². The first-order valence-corrected chi connectivity index (χ1v) is 7.02. The molecule has 2 aromatic rings. The van der Waals surface area contributed by atoms with Crippen molar-refractivity contribution in [2.75, 3.05) is 18.5 Å². The Morgan fingerprint density at radius 1 is 1.25 bits per heavy atom. The number of hydrogen-bond acceptors (Lipinski definition) is 4. The van der Waals surface area contributed by atoms with Crippen molar-refractivity contribution in [3.8, 4) is 5.75 Å². The van der Waals surface area contributed by atoms with Crippen molar-refractivity contribution in [2.24, 2.45) is 0 Å². The Hall–Kier alpha value is -2.10. The zero-order chi connectivity index (χ0) is 14.2. The molecule has 0 unspecified atom stereocenters. The fraction of sp³-hybridized carbons (Fsp3) is 0.375. The molecule has 106 valence electrons. The lowest BCUT2D eigenvalue weighted by atomic mass is 10.1. The van der Waals surface area contributed by atoms with Gasteiger partial charge in [-0.2, -0.15) is 0 Å². The third-order valence-electron chi connectivity index (χ3n) is 3.03. The van der Waals surface area contributed by atoms with Crippen LogP contribution < -0.4 is 10.1 Å². The predicted octanol–water partition coefficient (Wildman–Crippen LogP) is 3.23. The van der Waals surface area contributed by atoms with Gasteiger partial charge >= 0.3 is 0 Å². The Morgan fingerprint density at radius 2 is 2.15 bits per heavy atom. The molecular formula is C16H21N3O. The average Bonchev–Trinajstić information content (AvgIpc) is 2.47. The van der Waals surface area contributed by atoms with Gasteiger partial charge in [-0.25, -0.2) is 9.97 Å². The van der Waals surface area contributed by atoms with Crippen molar-refractivity contribution in [1.29, 1.82) is 0 Å². The molecule has 0 spiro atoms. The molecule has 0 radical (unpaired) electrons. The summed E-state index contributed by atoms with van der Waals surface area (Å²) in [6.07, 6.45) is 5.53. The fourth-order valence-corrected chi connectivity index (χ4v) is 2.05. The molecule has 0 saturated heterocycles. The number of hydrogen-bond donors (Lipinski definition) is 1. The van der Waals surface area contributed by atoms with Gasteiger partial charge < -0.3 is 10.1 Å². The SMILES string of the molecule is CCCc1ccc(OCCNc2ccncn2)c(C)c1. The number of aromatic nitrogens is 2. The van der Waals surface area contributed by atoms with Gasteiger partial charge in [0.2, 0.25) is 0 Å². The van der Waals surface area contributed by atoms with Crippen molar-refractivity contribution in [2.45, 2.75) is 26.7 Å². The molecule has 0 amide bonds. The highest BCUT2D eigenvalue weighted by molar-refractivity contribution is 5.36. The summed E-state index contributed by atoms with van der Waals surface area (Å²) >= 11 is 0. The van der Waals surface area contributed by atoms with Gasteiger partial charge in [-0.3, -0.25) is 0 Å². The van der Waals surface area contributed by atoms with Crippen molar-refractivity contribution in [1.82, 2.24) is 9.97 Å². The van der Waals surface area contributed by atoms with Crippen LogP contribution in [0.1, 0.15) is 24.5 Å². The van der Waals surface area contributed by atoms with E-state index in [1.54, 1.807) is 6.20 Å². The maximum absolute atomic E-state index is 5.79. The molecule has 0 aliphatic heterocycles. The molecule has 1 aromatic heterocycles. The van der Waals surface area contributed by atoms with Gasteiger partial charge in [0, 0.05) is 6.20 Å². The molecule has 0 aliphatic carbocycles. The molecule has 1 aromatic carbocycles. The predicted molar refractivity (Wildman–Crippen MR) is 81.2 cm³/mol. The molecule has 0 fully saturated rings. The smallest absolute Gasteiger partial charge is 0.129 e. The van der Waals surface area contributed by atoms with E-state index in [2.05, 4.69) is 47.3 Å². The van der Waals surface area contributed by atoms with E-state index in [9.17, 15) is 0 Å². The minimum atomic E-state index is 0.609. The van der Waals surface area contributed by atoms with E-state index in [0.29, 0.717) is 13.2 Å². The zero-order valence-electron chi connectivity index (χ0n) is 12.1. The number of rotatable bonds is 7. The van der Waals surface area contributed by atoms with Crippen LogP contribution in [0, 0.1) is 6.92 Å². The summed E-state index contributed by atoms with van der Waals surface area (Å²) in [5.41, 5.74) is 2.56. The number of aryl methyl sites for hydroxylation is 2. The van der Waals surface area contributed by atoms with E-state index >= 15 is 0 Å². The Labute approximate surface area is 120 Å². The lowest BCUT2D eigenvalue weighted by molar-refractivity contribution is 0.330. The van der Waals surface area contributed by atoms with Crippen LogP contribution in [0.2, 0.25) is 0 Å². The summed E-state index contributed by atoms with van der Waals surface area (Å²) in [5.74, 6) is 1.77. The van der Waals surface area contributed by atoms with E-state index in [1.165, 1.54) is 23.9 Å². The van der Waals surface area contributed by atoms with Crippen LogP contribution >= 0.6 is 0 Å². The maximum atomic E-state index is 5.79. The standard InChI is InChI=1S/C16H21N3O/c1-3-4-14-5-6-15(13(2)11-14)20-10-9-18-16-7-8-17-12-19-16/h5-8,11-12H,3-4,9-10H2,1-2H3,(H,17,18,19). The number of nitrogens with zero attached hydrogens (tertiary/aromatic N) is 2. The summed E-state index contributed by atoms with van der Waals surface area (Å²) in [5, 5.41) is 3.19. The van der Waals surface area contributed by atoms with Crippen LogP contribution in [0.3, 0.4) is 0 Å². The molecule has 0 bridgehead atoms. The number of benzene rings is 1. The zero-order valence-corrected chi connectivity index (χ0v) is 12.1. The summed E-state index contributed by atoms with van der Waals surface area (Å²) in [6, 6.07) is 8.25. The number of nitrogens with one attached hydrogen (secondary N) is 1. The van der Waals surface area contributed by atoms with E-state index < -0.39 is 0 Å². The third kappa shape index (κ3) is 4.23. The Morgan fingerprint density at radius 3 is 2.85 bits per heavy atom. The van der Waals surface area contributed by atoms with Gasteiger partial charge in [0.15, 0.2) is 0 Å². The summed E-state index contributed by atoms with van der Waals surface area (Å²) in [4.78, 5) is 7.97. The van der Waals surface area contributed by atoms with E-state index in [1.807, 2.05) is 6.07 Å². The molecule has 0 aliphatic rings. The van der Waals surface area contributed by atoms with E-state index in [0.717, 1.165) is 18.0 Å². The lowest BCUT2D eigenvalue weighted by Crippen LogP contribution is -2.12. The quantitative estimate of drug-likeness (QED) is 0.785. The second-order valence-electron chi connectivity index (χ2n) is 4.72. The second-order valence-corrected chi connectivity index (χ2v) is 4.72. The minimum Gasteiger partial charge on any atom is -0.491 e. The summed E-state index contributed by atoms with van der Waals surface area (Å²) < 4.78 is 5.79. The highest BCUT2D eigenvalue weighted by Crippen LogP contribution is 2.19. The molecule has 20 heavy (non-hydrogen) atoms. The molecule has 1 N–H and O–H groups in total. The van der Waals surface area contributed by atoms with Crippen molar-refractivity contribution >= 4 is 5.82 Å². The van der Waals surface area contributed by atoms with Gasteiger partial charge in [-0.1, -0.05) is 25.5 Å². The monoisotopic (exact) mass is 271 g/mol. The van der Waals surface area contributed by atoms with Crippen LogP contribution in [0.15, 0.2) is 36.8 Å².